The molecule has 0 N–H and O–H groups in total. The molecule has 0 bridgehead atoms. The van der Waals surface area contributed by atoms with Gasteiger partial charge in [-0.1, -0.05) is 12.1 Å². The summed E-state index contributed by atoms with van der Waals surface area (Å²) in [6, 6.07) is 7.55. The molecular formula is C21H26N4O3S. The summed E-state index contributed by atoms with van der Waals surface area (Å²) in [5, 5.41) is 5.35. The molecule has 2 aromatic heterocycles. The lowest BCUT2D eigenvalue weighted by atomic mass is 10.1. The van der Waals surface area contributed by atoms with Crippen molar-refractivity contribution in [2.75, 3.05) is 7.11 Å². The van der Waals surface area contributed by atoms with Crippen LogP contribution in [0.1, 0.15) is 32.7 Å². The van der Waals surface area contributed by atoms with Crippen molar-refractivity contribution >= 4 is 27.5 Å². The molecule has 0 aliphatic carbocycles. The van der Waals surface area contributed by atoms with Crippen LogP contribution in [-0.4, -0.2) is 44.8 Å². The van der Waals surface area contributed by atoms with E-state index in [9.17, 15) is 9.59 Å². The Labute approximate surface area is 173 Å². The topological polar surface area (TPSA) is 77.3 Å². The van der Waals surface area contributed by atoms with Crippen LogP contribution >= 0.6 is 11.3 Å². The highest BCUT2D eigenvalue weighted by Gasteiger charge is 2.23. The van der Waals surface area contributed by atoms with Crippen LogP contribution in [-0.2, 0) is 11.3 Å². The van der Waals surface area contributed by atoms with Crippen LogP contribution in [0, 0.1) is 6.92 Å². The van der Waals surface area contributed by atoms with E-state index in [1.807, 2.05) is 58.9 Å². The fourth-order valence-electron chi connectivity index (χ4n) is 3.51. The molecule has 3 aromatic rings. The molecule has 0 atom stereocenters. The second kappa shape index (κ2) is 8.32. The minimum Gasteiger partial charge on any atom is -0.497 e. The third-order valence-corrected chi connectivity index (χ3v) is 5.61. The average molecular weight is 415 g/mol. The first-order valence-corrected chi connectivity index (χ1v) is 10.4. The van der Waals surface area contributed by atoms with Crippen molar-refractivity contribution in [2.45, 2.75) is 53.2 Å². The van der Waals surface area contributed by atoms with E-state index in [-0.39, 0.29) is 30.1 Å². The molecule has 0 aliphatic rings. The molecule has 0 fully saturated rings. The van der Waals surface area contributed by atoms with Gasteiger partial charge in [0.15, 0.2) is 5.52 Å². The Bertz CT molecular complexity index is 1090. The number of ether oxygens (including phenoxy) is 1. The van der Waals surface area contributed by atoms with Crippen molar-refractivity contribution in [1.29, 1.82) is 0 Å². The molecule has 0 aliphatic heterocycles. The maximum absolute atomic E-state index is 13.0. The zero-order chi connectivity index (χ0) is 21.3. The van der Waals surface area contributed by atoms with Gasteiger partial charge in [0.05, 0.1) is 16.8 Å². The molecular weight excluding hydrogens is 388 g/mol. The minimum atomic E-state index is -0.350. The van der Waals surface area contributed by atoms with Crippen LogP contribution in [0.25, 0.3) is 21.5 Å². The van der Waals surface area contributed by atoms with Crippen molar-refractivity contribution in [3.05, 3.63) is 39.6 Å². The number of hydrogen-bond donors (Lipinski definition) is 0. The molecule has 1 aromatic carbocycles. The molecule has 0 spiro atoms. The van der Waals surface area contributed by atoms with Gasteiger partial charge in [0.1, 0.15) is 18.0 Å². The quantitative estimate of drug-likeness (QED) is 0.617. The van der Waals surface area contributed by atoms with Crippen LogP contribution in [0.5, 0.6) is 5.75 Å². The molecule has 0 unspecified atom stereocenters. The van der Waals surface area contributed by atoms with Crippen LogP contribution in [0.15, 0.2) is 29.1 Å². The highest BCUT2D eigenvalue weighted by molar-refractivity contribution is 7.19. The van der Waals surface area contributed by atoms with E-state index in [0.717, 1.165) is 10.6 Å². The van der Waals surface area contributed by atoms with E-state index >= 15 is 0 Å². The minimum absolute atomic E-state index is 0.0290. The fraction of sp³-hybridized carbons (Fsp3) is 0.429. The van der Waals surface area contributed by atoms with Crippen LogP contribution in [0.4, 0.5) is 0 Å². The van der Waals surface area contributed by atoms with Gasteiger partial charge in [0.25, 0.3) is 5.56 Å². The Balaban J connectivity index is 2.15. The fourth-order valence-corrected chi connectivity index (χ4v) is 4.43. The van der Waals surface area contributed by atoms with Crippen molar-refractivity contribution < 1.29 is 9.53 Å². The van der Waals surface area contributed by atoms with E-state index < -0.39 is 0 Å². The van der Waals surface area contributed by atoms with E-state index in [1.54, 1.807) is 12.0 Å². The van der Waals surface area contributed by atoms with E-state index in [0.29, 0.717) is 21.7 Å². The van der Waals surface area contributed by atoms with Gasteiger partial charge in [0, 0.05) is 17.6 Å². The van der Waals surface area contributed by atoms with Crippen molar-refractivity contribution in [2.24, 2.45) is 0 Å². The Kier molecular flexibility index (Phi) is 6.02. The number of aromatic nitrogens is 3. The molecule has 2 heterocycles. The van der Waals surface area contributed by atoms with Gasteiger partial charge < -0.3 is 9.64 Å². The smallest absolute Gasteiger partial charge is 0.294 e. The number of benzene rings is 1. The number of amides is 1. The highest BCUT2D eigenvalue weighted by atomic mass is 32.1. The first-order valence-electron chi connectivity index (χ1n) is 9.56. The number of aryl methyl sites for hydroxylation is 1. The zero-order valence-corrected chi connectivity index (χ0v) is 18.4. The van der Waals surface area contributed by atoms with Gasteiger partial charge in [-0.2, -0.15) is 5.10 Å². The first kappa shape index (κ1) is 21.0. The van der Waals surface area contributed by atoms with E-state index in [2.05, 4.69) is 10.1 Å². The summed E-state index contributed by atoms with van der Waals surface area (Å²) in [5.74, 6) is 0.547. The lowest BCUT2D eigenvalue weighted by molar-refractivity contribution is -0.135. The molecule has 0 saturated carbocycles. The Morgan fingerprint density at radius 3 is 2.55 bits per heavy atom. The third-order valence-electron chi connectivity index (χ3n) is 4.64. The summed E-state index contributed by atoms with van der Waals surface area (Å²) in [7, 11) is 1.60. The molecule has 0 radical (unpaired) electrons. The lowest BCUT2D eigenvalue weighted by Crippen LogP contribution is -2.45. The molecule has 7 nitrogen and oxygen atoms in total. The normalized spacial score (nSPS) is 11.4. The zero-order valence-electron chi connectivity index (χ0n) is 17.6. The summed E-state index contributed by atoms with van der Waals surface area (Å²) >= 11 is 1.42. The number of hydrogen-bond acceptors (Lipinski definition) is 6. The lowest BCUT2D eigenvalue weighted by Gasteiger charge is -2.30. The Morgan fingerprint density at radius 1 is 1.24 bits per heavy atom. The summed E-state index contributed by atoms with van der Waals surface area (Å²) < 4.78 is 7.28. The maximum Gasteiger partial charge on any atom is 0.294 e. The highest BCUT2D eigenvalue weighted by Crippen LogP contribution is 2.31. The second-order valence-corrected chi connectivity index (χ2v) is 8.65. The molecule has 8 heteroatoms. The average Bonchev–Trinajstić information content (AvgIpc) is 3.05. The molecule has 154 valence electrons. The first-order chi connectivity index (χ1) is 13.7. The molecule has 3 rings (SSSR count). The van der Waals surface area contributed by atoms with Crippen molar-refractivity contribution in [3.63, 3.8) is 0 Å². The summed E-state index contributed by atoms with van der Waals surface area (Å²) in [6.07, 6.45) is 0. The predicted molar refractivity (Wildman–Crippen MR) is 116 cm³/mol. The number of rotatable bonds is 6. The predicted octanol–water partition coefficient (Wildman–Crippen LogP) is 3.48. The molecule has 29 heavy (non-hydrogen) atoms. The number of carbonyl (C=O) groups is 1. The van der Waals surface area contributed by atoms with Gasteiger partial charge in [-0.25, -0.2) is 9.67 Å². The van der Waals surface area contributed by atoms with E-state index in [1.165, 1.54) is 16.0 Å². The van der Waals surface area contributed by atoms with Gasteiger partial charge in [0.2, 0.25) is 5.91 Å². The second-order valence-electron chi connectivity index (χ2n) is 7.44. The van der Waals surface area contributed by atoms with Gasteiger partial charge in [-0.3, -0.25) is 9.59 Å². The van der Waals surface area contributed by atoms with E-state index in [4.69, 9.17) is 4.74 Å². The van der Waals surface area contributed by atoms with Crippen LogP contribution in [0.3, 0.4) is 0 Å². The van der Waals surface area contributed by atoms with Gasteiger partial charge >= 0.3 is 0 Å². The Hall–Kier alpha value is -2.74. The summed E-state index contributed by atoms with van der Waals surface area (Å²) in [4.78, 5) is 32.1. The number of nitrogens with zero attached hydrogens (tertiary/aromatic N) is 4. The largest absolute Gasteiger partial charge is 0.497 e. The standard InChI is InChI=1S/C21H26N4O3S/c1-12(2)25(13(3)4)17(26)11-24-21(27)19-20(29-14(5)22-19)18(23-24)15-8-7-9-16(10-15)28-6/h7-10,12-13H,11H2,1-6H3. The SMILES string of the molecule is COc1cccc(-c2nn(CC(=O)N(C(C)C)C(C)C)c(=O)c3nc(C)sc23)c1. The van der Waals surface area contributed by atoms with Crippen LogP contribution < -0.4 is 10.3 Å². The Morgan fingerprint density at radius 2 is 1.93 bits per heavy atom. The van der Waals surface area contributed by atoms with Crippen LogP contribution in [0.2, 0.25) is 0 Å². The summed E-state index contributed by atoms with van der Waals surface area (Å²) in [6.45, 7) is 9.57. The van der Waals surface area contributed by atoms with Crippen molar-refractivity contribution in [1.82, 2.24) is 19.7 Å². The number of fused-ring (bicyclic) bond motifs is 1. The molecule has 1 amide bonds. The van der Waals surface area contributed by atoms with Gasteiger partial charge in [-0.05, 0) is 46.8 Å². The number of thiazole rings is 1. The molecule has 0 saturated heterocycles. The number of methoxy groups -OCH3 is 1. The maximum atomic E-state index is 13.0. The summed E-state index contributed by atoms with van der Waals surface area (Å²) in [5.41, 5.74) is 1.42. The third kappa shape index (κ3) is 4.17. The number of carbonyl (C=O) groups excluding carboxylic acids is 1. The monoisotopic (exact) mass is 414 g/mol. The van der Waals surface area contributed by atoms with Gasteiger partial charge in [-0.15, -0.1) is 11.3 Å². The van der Waals surface area contributed by atoms with Crippen molar-refractivity contribution in [3.8, 4) is 17.0 Å².